The van der Waals surface area contributed by atoms with E-state index < -0.39 is 0 Å². The minimum Gasteiger partial charge on any atom is -0.476 e. The van der Waals surface area contributed by atoms with Crippen LogP contribution < -0.4 is 10.5 Å². The van der Waals surface area contributed by atoms with Crippen LogP contribution in [0.5, 0.6) is 5.88 Å². The zero-order valence-corrected chi connectivity index (χ0v) is 8.37. The SMILES string of the molecule is Cc1cccc(OCC(C)(C)N)n1. The van der Waals surface area contributed by atoms with Gasteiger partial charge < -0.3 is 10.5 Å². The van der Waals surface area contributed by atoms with Gasteiger partial charge in [0.1, 0.15) is 6.61 Å². The van der Waals surface area contributed by atoms with Gasteiger partial charge in [-0.05, 0) is 26.8 Å². The van der Waals surface area contributed by atoms with Crippen LogP contribution in [0.1, 0.15) is 19.5 Å². The third kappa shape index (κ3) is 3.90. The monoisotopic (exact) mass is 180 g/mol. The summed E-state index contributed by atoms with van der Waals surface area (Å²) in [7, 11) is 0. The summed E-state index contributed by atoms with van der Waals surface area (Å²) in [5, 5.41) is 0. The molecule has 1 aromatic rings. The predicted octanol–water partition coefficient (Wildman–Crippen LogP) is 1.51. The van der Waals surface area contributed by atoms with Gasteiger partial charge in [-0.1, -0.05) is 6.07 Å². The van der Waals surface area contributed by atoms with Gasteiger partial charge in [-0.25, -0.2) is 4.98 Å². The Morgan fingerprint density at radius 1 is 1.46 bits per heavy atom. The van der Waals surface area contributed by atoms with Crippen molar-refractivity contribution in [2.24, 2.45) is 5.73 Å². The number of nitrogens with zero attached hydrogens (tertiary/aromatic N) is 1. The van der Waals surface area contributed by atoms with Crippen molar-refractivity contribution in [1.29, 1.82) is 0 Å². The lowest BCUT2D eigenvalue weighted by Gasteiger charge is -2.18. The molecule has 0 fully saturated rings. The molecule has 0 unspecified atom stereocenters. The molecular formula is C10H16N2O. The smallest absolute Gasteiger partial charge is 0.213 e. The van der Waals surface area contributed by atoms with Crippen LogP contribution in [0.4, 0.5) is 0 Å². The van der Waals surface area contributed by atoms with Crippen molar-refractivity contribution in [2.75, 3.05) is 6.61 Å². The van der Waals surface area contributed by atoms with E-state index in [0.717, 1.165) is 5.69 Å². The highest BCUT2D eigenvalue weighted by Crippen LogP contribution is 2.08. The highest BCUT2D eigenvalue weighted by atomic mass is 16.5. The van der Waals surface area contributed by atoms with Crippen LogP contribution in [0, 0.1) is 6.92 Å². The molecule has 0 saturated carbocycles. The van der Waals surface area contributed by atoms with E-state index in [1.165, 1.54) is 0 Å². The Morgan fingerprint density at radius 2 is 2.15 bits per heavy atom. The highest BCUT2D eigenvalue weighted by Gasteiger charge is 2.11. The minimum atomic E-state index is -0.314. The minimum absolute atomic E-state index is 0.314. The molecule has 2 N–H and O–H groups in total. The van der Waals surface area contributed by atoms with E-state index in [-0.39, 0.29) is 5.54 Å². The summed E-state index contributed by atoms with van der Waals surface area (Å²) in [6, 6.07) is 5.68. The fourth-order valence-corrected chi connectivity index (χ4v) is 0.858. The number of nitrogens with two attached hydrogens (primary N) is 1. The van der Waals surface area contributed by atoms with Crippen LogP contribution in [0.25, 0.3) is 0 Å². The van der Waals surface area contributed by atoms with Crippen molar-refractivity contribution in [3.8, 4) is 5.88 Å². The topological polar surface area (TPSA) is 48.1 Å². The molecule has 0 aromatic carbocycles. The van der Waals surface area contributed by atoms with Crippen molar-refractivity contribution in [1.82, 2.24) is 4.98 Å². The molecule has 0 aliphatic heterocycles. The molecule has 3 nitrogen and oxygen atoms in total. The maximum Gasteiger partial charge on any atom is 0.213 e. The van der Waals surface area contributed by atoms with Gasteiger partial charge in [0.15, 0.2) is 0 Å². The normalized spacial score (nSPS) is 11.4. The maximum atomic E-state index is 5.77. The lowest BCUT2D eigenvalue weighted by atomic mass is 10.1. The molecule has 1 heterocycles. The molecule has 0 amide bonds. The number of ether oxygens (including phenoxy) is 1. The number of aryl methyl sites for hydroxylation is 1. The van der Waals surface area contributed by atoms with Gasteiger partial charge in [0, 0.05) is 17.3 Å². The first-order valence-electron chi connectivity index (χ1n) is 4.33. The zero-order chi connectivity index (χ0) is 9.90. The summed E-state index contributed by atoms with van der Waals surface area (Å²) in [5.74, 6) is 0.638. The van der Waals surface area contributed by atoms with E-state index in [2.05, 4.69) is 4.98 Å². The third-order valence-electron chi connectivity index (χ3n) is 1.45. The van der Waals surface area contributed by atoms with Crippen LogP contribution in [-0.2, 0) is 0 Å². The lowest BCUT2D eigenvalue weighted by molar-refractivity contribution is 0.235. The van der Waals surface area contributed by atoms with Crippen molar-refractivity contribution >= 4 is 0 Å². The summed E-state index contributed by atoms with van der Waals surface area (Å²) in [6.07, 6.45) is 0. The number of hydrogen-bond donors (Lipinski definition) is 1. The molecule has 0 bridgehead atoms. The Kier molecular flexibility index (Phi) is 2.88. The van der Waals surface area contributed by atoms with E-state index in [9.17, 15) is 0 Å². The van der Waals surface area contributed by atoms with Gasteiger partial charge in [-0.2, -0.15) is 0 Å². The van der Waals surface area contributed by atoms with Gasteiger partial charge in [0.2, 0.25) is 5.88 Å². The first-order valence-corrected chi connectivity index (χ1v) is 4.33. The number of rotatable bonds is 3. The molecule has 0 radical (unpaired) electrons. The van der Waals surface area contributed by atoms with Crippen LogP contribution in [0.15, 0.2) is 18.2 Å². The summed E-state index contributed by atoms with van der Waals surface area (Å²) in [4.78, 5) is 4.20. The summed E-state index contributed by atoms with van der Waals surface area (Å²) in [5.41, 5.74) is 6.41. The molecule has 1 rings (SSSR count). The summed E-state index contributed by atoms with van der Waals surface area (Å²) < 4.78 is 5.42. The molecule has 0 atom stereocenters. The van der Waals surface area contributed by atoms with Crippen LogP contribution in [0.3, 0.4) is 0 Å². The molecular weight excluding hydrogens is 164 g/mol. The number of pyridine rings is 1. The Bertz CT molecular complexity index is 278. The second-order valence-electron chi connectivity index (χ2n) is 3.89. The average molecular weight is 180 g/mol. The molecule has 3 heteroatoms. The van der Waals surface area contributed by atoms with Gasteiger partial charge in [0.25, 0.3) is 0 Å². The van der Waals surface area contributed by atoms with Gasteiger partial charge in [-0.3, -0.25) is 0 Å². The van der Waals surface area contributed by atoms with E-state index in [4.69, 9.17) is 10.5 Å². The van der Waals surface area contributed by atoms with Crippen LogP contribution in [-0.4, -0.2) is 17.1 Å². The quantitative estimate of drug-likeness (QED) is 0.767. The maximum absolute atomic E-state index is 5.77. The molecule has 0 saturated heterocycles. The Labute approximate surface area is 78.9 Å². The van der Waals surface area contributed by atoms with E-state index in [0.29, 0.717) is 12.5 Å². The summed E-state index contributed by atoms with van der Waals surface area (Å²) >= 11 is 0. The first-order chi connectivity index (χ1) is 5.97. The molecule has 0 aliphatic carbocycles. The standard InChI is InChI=1S/C10H16N2O/c1-8-5-4-6-9(12-8)13-7-10(2,3)11/h4-6H,7,11H2,1-3H3. The number of aromatic nitrogens is 1. The van der Waals surface area contributed by atoms with E-state index in [1.54, 1.807) is 0 Å². The van der Waals surface area contributed by atoms with Crippen molar-refractivity contribution < 1.29 is 4.74 Å². The largest absolute Gasteiger partial charge is 0.476 e. The van der Waals surface area contributed by atoms with Crippen molar-refractivity contribution in [3.63, 3.8) is 0 Å². The van der Waals surface area contributed by atoms with Crippen LogP contribution >= 0.6 is 0 Å². The van der Waals surface area contributed by atoms with Crippen molar-refractivity contribution in [3.05, 3.63) is 23.9 Å². The first kappa shape index (κ1) is 9.99. The third-order valence-corrected chi connectivity index (χ3v) is 1.45. The summed E-state index contributed by atoms with van der Waals surface area (Å²) in [6.45, 7) is 6.25. The molecule has 13 heavy (non-hydrogen) atoms. The van der Waals surface area contributed by atoms with Crippen LogP contribution in [0.2, 0.25) is 0 Å². The van der Waals surface area contributed by atoms with Crippen molar-refractivity contribution in [2.45, 2.75) is 26.3 Å². The zero-order valence-electron chi connectivity index (χ0n) is 8.37. The second kappa shape index (κ2) is 3.75. The molecule has 72 valence electrons. The molecule has 0 spiro atoms. The van der Waals surface area contributed by atoms with Gasteiger partial charge in [-0.15, -0.1) is 0 Å². The predicted molar refractivity (Wildman–Crippen MR) is 52.7 cm³/mol. The highest BCUT2D eigenvalue weighted by molar-refractivity contribution is 5.14. The van der Waals surface area contributed by atoms with E-state index in [1.807, 2.05) is 39.0 Å². The molecule has 0 aliphatic rings. The Hall–Kier alpha value is -1.09. The lowest BCUT2D eigenvalue weighted by Crippen LogP contribution is -2.38. The van der Waals surface area contributed by atoms with Gasteiger partial charge in [0.05, 0.1) is 0 Å². The van der Waals surface area contributed by atoms with E-state index >= 15 is 0 Å². The second-order valence-corrected chi connectivity index (χ2v) is 3.89. The molecule has 1 aromatic heterocycles. The van der Waals surface area contributed by atoms with Gasteiger partial charge >= 0.3 is 0 Å². The Morgan fingerprint density at radius 3 is 2.69 bits per heavy atom. The Balaban J connectivity index is 2.55. The average Bonchev–Trinajstić information content (AvgIpc) is 2.00. The fraction of sp³-hybridized carbons (Fsp3) is 0.500. The number of hydrogen-bond acceptors (Lipinski definition) is 3. The fourth-order valence-electron chi connectivity index (χ4n) is 0.858.